The highest BCUT2D eigenvalue weighted by molar-refractivity contribution is 7.09. The number of hydrogen-bond donors (Lipinski definition) is 0. The summed E-state index contributed by atoms with van der Waals surface area (Å²) in [5.41, 5.74) is 2.35. The summed E-state index contributed by atoms with van der Waals surface area (Å²) in [6, 6.07) is 32.1. The lowest BCUT2D eigenvalue weighted by molar-refractivity contribution is 0.390. The van der Waals surface area contributed by atoms with E-state index in [0.717, 1.165) is 5.01 Å². The Hall–Kier alpha value is -3.30. The fraction of sp³-hybridized carbons (Fsp3) is 0.0769. The molecule has 3 aromatic carbocycles. The van der Waals surface area contributed by atoms with Crippen molar-refractivity contribution in [1.82, 2.24) is 4.98 Å². The molecule has 2 nitrogen and oxygen atoms in total. The molecule has 3 heteroatoms. The van der Waals surface area contributed by atoms with E-state index in [2.05, 4.69) is 97.1 Å². The van der Waals surface area contributed by atoms with Crippen molar-refractivity contribution >= 4 is 17.6 Å². The Morgan fingerprint density at radius 2 is 1.21 bits per heavy atom. The number of allylic oxidation sites excluding steroid dienone is 1. The largest absolute Gasteiger partial charge is 0.273 e. The Bertz CT molecular complexity index is 1020. The van der Waals surface area contributed by atoms with Gasteiger partial charge < -0.3 is 0 Å². The molecule has 29 heavy (non-hydrogen) atoms. The van der Waals surface area contributed by atoms with Gasteiger partial charge in [-0.15, -0.1) is 11.3 Å². The molecule has 0 bridgehead atoms. The van der Waals surface area contributed by atoms with Crippen molar-refractivity contribution in [3.05, 3.63) is 136 Å². The minimum absolute atomic E-state index is 0.557. The fourth-order valence-corrected chi connectivity index (χ4v) is 5.36. The number of benzene rings is 3. The van der Waals surface area contributed by atoms with Gasteiger partial charge in [0.1, 0.15) is 10.5 Å². The first-order chi connectivity index (χ1) is 14.4. The zero-order chi connectivity index (χ0) is 19.6. The van der Waals surface area contributed by atoms with Crippen molar-refractivity contribution in [2.24, 2.45) is 4.99 Å². The topological polar surface area (TPSA) is 25.2 Å². The number of aromatic nitrogens is 1. The molecule has 140 valence electrons. The zero-order valence-electron chi connectivity index (χ0n) is 15.8. The van der Waals surface area contributed by atoms with Gasteiger partial charge in [-0.1, -0.05) is 91.0 Å². The van der Waals surface area contributed by atoms with Gasteiger partial charge >= 0.3 is 0 Å². The molecular formula is C26H20N2S. The van der Waals surface area contributed by atoms with Crippen molar-refractivity contribution in [2.45, 2.75) is 11.0 Å². The summed E-state index contributed by atoms with van der Waals surface area (Å²) < 4.78 is 0. The van der Waals surface area contributed by atoms with E-state index < -0.39 is 11.0 Å². The number of hydrogen-bond acceptors (Lipinski definition) is 3. The van der Waals surface area contributed by atoms with Gasteiger partial charge in [0.2, 0.25) is 0 Å². The molecule has 1 atom stereocenters. The lowest BCUT2D eigenvalue weighted by Crippen LogP contribution is -2.48. The minimum Gasteiger partial charge on any atom is -0.273 e. The SMILES string of the molecule is C1=CC(c2nccs2)(C(c2ccccc2)(c2ccccc2)c2ccccc2)N=C1. The summed E-state index contributed by atoms with van der Waals surface area (Å²) in [6.07, 6.45) is 8.03. The lowest BCUT2D eigenvalue weighted by Gasteiger charge is -2.46. The van der Waals surface area contributed by atoms with Crippen LogP contribution in [-0.2, 0) is 11.0 Å². The van der Waals surface area contributed by atoms with Crippen molar-refractivity contribution in [3.63, 3.8) is 0 Å². The third-order valence-electron chi connectivity index (χ3n) is 5.65. The predicted molar refractivity (Wildman–Crippen MR) is 121 cm³/mol. The highest BCUT2D eigenvalue weighted by atomic mass is 32.1. The summed E-state index contributed by atoms with van der Waals surface area (Å²) in [6.45, 7) is 0. The van der Waals surface area contributed by atoms with Crippen LogP contribution in [0.5, 0.6) is 0 Å². The summed E-state index contributed by atoms with van der Waals surface area (Å²) in [5.74, 6) is 0. The molecule has 1 aliphatic rings. The normalized spacial score (nSPS) is 18.2. The van der Waals surface area contributed by atoms with Gasteiger partial charge in [-0.3, -0.25) is 4.99 Å². The van der Waals surface area contributed by atoms with E-state index in [0.29, 0.717) is 0 Å². The van der Waals surface area contributed by atoms with Crippen LogP contribution in [0.1, 0.15) is 21.7 Å². The zero-order valence-corrected chi connectivity index (χ0v) is 16.7. The quantitative estimate of drug-likeness (QED) is 0.382. The molecule has 0 N–H and O–H groups in total. The van der Waals surface area contributed by atoms with Crippen molar-refractivity contribution in [1.29, 1.82) is 0 Å². The molecule has 4 aromatic rings. The van der Waals surface area contributed by atoms with E-state index in [-0.39, 0.29) is 0 Å². The molecule has 1 unspecified atom stereocenters. The number of thiazole rings is 1. The van der Waals surface area contributed by atoms with Gasteiger partial charge in [0.25, 0.3) is 0 Å². The second-order valence-electron chi connectivity index (χ2n) is 7.09. The summed E-state index contributed by atoms with van der Waals surface area (Å²) >= 11 is 1.65. The number of rotatable bonds is 5. The second-order valence-corrected chi connectivity index (χ2v) is 7.98. The number of aliphatic imine (C=N–C) groups is 1. The van der Waals surface area contributed by atoms with Gasteiger partial charge in [-0.05, 0) is 28.8 Å². The first-order valence-electron chi connectivity index (χ1n) is 9.67. The Kier molecular flexibility index (Phi) is 4.45. The first-order valence-corrected chi connectivity index (χ1v) is 10.6. The van der Waals surface area contributed by atoms with Crippen molar-refractivity contribution < 1.29 is 0 Å². The molecule has 2 heterocycles. The van der Waals surface area contributed by atoms with Crippen LogP contribution in [0.4, 0.5) is 0 Å². The van der Waals surface area contributed by atoms with Crippen LogP contribution in [0.3, 0.4) is 0 Å². The van der Waals surface area contributed by atoms with Gasteiger partial charge in [-0.2, -0.15) is 0 Å². The van der Waals surface area contributed by atoms with Gasteiger partial charge in [0.05, 0.1) is 5.41 Å². The third-order valence-corrected chi connectivity index (χ3v) is 6.55. The molecule has 0 aliphatic carbocycles. The summed E-state index contributed by atoms with van der Waals surface area (Å²) in [5, 5.41) is 3.02. The van der Waals surface area contributed by atoms with Gasteiger partial charge in [0.15, 0.2) is 0 Å². The fourth-order valence-electron chi connectivity index (χ4n) is 4.53. The van der Waals surface area contributed by atoms with Crippen LogP contribution in [0.2, 0.25) is 0 Å². The summed E-state index contributed by atoms with van der Waals surface area (Å²) in [7, 11) is 0. The average molecular weight is 393 g/mol. The van der Waals surface area contributed by atoms with E-state index in [1.165, 1.54) is 16.7 Å². The Morgan fingerprint density at radius 3 is 1.59 bits per heavy atom. The second kappa shape index (κ2) is 7.26. The molecule has 0 spiro atoms. The van der Waals surface area contributed by atoms with Crippen LogP contribution in [0.25, 0.3) is 0 Å². The van der Waals surface area contributed by atoms with Crippen LogP contribution in [-0.4, -0.2) is 11.2 Å². The predicted octanol–water partition coefficient (Wildman–Crippen LogP) is 6.01. The molecule has 1 aliphatic heterocycles. The van der Waals surface area contributed by atoms with E-state index in [1.807, 2.05) is 23.9 Å². The highest BCUT2D eigenvalue weighted by Gasteiger charge is 2.56. The first kappa shape index (κ1) is 17.8. The van der Waals surface area contributed by atoms with Crippen molar-refractivity contribution in [3.8, 4) is 0 Å². The minimum atomic E-state index is -0.661. The smallest absolute Gasteiger partial charge is 0.148 e. The molecule has 0 saturated carbocycles. The van der Waals surface area contributed by atoms with Gasteiger partial charge in [-0.25, -0.2) is 4.98 Å². The van der Waals surface area contributed by atoms with Gasteiger partial charge in [0, 0.05) is 17.8 Å². The molecule has 0 fully saturated rings. The Labute approximate surface area is 174 Å². The van der Waals surface area contributed by atoms with E-state index in [4.69, 9.17) is 9.98 Å². The van der Waals surface area contributed by atoms with Crippen LogP contribution < -0.4 is 0 Å². The maximum absolute atomic E-state index is 5.12. The maximum Gasteiger partial charge on any atom is 0.148 e. The lowest BCUT2D eigenvalue weighted by atomic mass is 9.58. The molecular weight excluding hydrogens is 372 g/mol. The van der Waals surface area contributed by atoms with E-state index in [9.17, 15) is 0 Å². The number of nitrogens with zero attached hydrogens (tertiary/aromatic N) is 2. The standard InChI is InChI=1S/C26H20N2S/c1-4-11-21(12-5-1)26(22-13-6-2-7-14-22,23-15-8-3-9-16-23)25(17-10-18-28-25)24-27-19-20-29-24/h1-20H. The molecule has 0 radical (unpaired) electrons. The monoisotopic (exact) mass is 392 g/mol. The van der Waals surface area contributed by atoms with Crippen LogP contribution in [0, 0.1) is 0 Å². The van der Waals surface area contributed by atoms with Crippen molar-refractivity contribution in [2.75, 3.05) is 0 Å². The Balaban J connectivity index is 1.97. The van der Waals surface area contributed by atoms with Crippen LogP contribution in [0.15, 0.2) is 120 Å². The van der Waals surface area contributed by atoms with Crippen LogP contribution >= 0.6 is 11.3 Å². The third kappa shape index (κ3) is 2.62. The maximum atomic E-state index is 5.12. The molecule has 5 rings (SSSR count). The Morgan fingerprint density at radius 1 is 0.690 bits per heavy atom. The summed E-state index contributed by atoms with van der Waals surface area (Å²) in [4.78, 5) is 9.89. The molecule has 0 saturated heterocycles. The molecule has 1 aromatic heterocycles. The molecule has 0 amide bonds. The average Bonchev–Trinajstić information content (AvgIpc) is 3.50. The highest BCUT2D eigenvalue weighted by Crippen LogP contribution is 2.56. The van der Waals surface area contributed by atoms with E-state index in [1.54, 1.807) is 11.3 Å². The van der Waals surface area contributed by atoms with E-state index >= 15 is 0 Å².